The number of nitrogens with one attached hydrogen (secondary N) is 1. The molecule has 2 aromatic rings. The average molecular weight is 384 g/mol. The van der Waals surface area contributed by atoms with Crippen LogP contribution in [0.4, 0.5) is 5.00 Å². The van der Waals surface area contributed by atoms with Crippen LogP contribution in [0, 0.1) is 22.7 Å². The second kappa shape index (κ2) is 6.79. The van der Waals surface area contributed by atoms with Crippen molar-refractivity contribution in [2.24, 2.45) is 11.3 Å². The van der Waals surface area contributed by atoms with E-state index in [9.17, 15) is 10.1 Å². The Balaban J connectivity index is 1.60. The molecule has 2 heterocycles. The molecule has 5 nitrogen and oxygen atoms in total. The molecule has 27 heavy (non-hydrogen) atoms. The first-order valence-corrected chi connectivity index (χ1v) is 10.5. The normalized spacial score (nSPS) is 19.1. The Morgan fingerprint density at radius 2 is 2.04 bits per heavy atom. The van der Waals surface area contributed by atoms with E-state index in [1.165, 1.54) is 4.88 Å². The molecule has 0 spiro atoms. The Labute approximate surface area is 163 Å². The number of thiophene rings is 1. The number of amides is 1. The molecule has 0 saturated carbocycles. The summed E-state index contributed by atoms with van der Waals surface area (Å²) >= 11 is 1.56. The molecule has 0 radical (unpaired) electrons. The standard InChI is InChI=1S/C21H25N3O2S/c1-21(2,3)12-8-9-13-15(11-22)20(27-17(13)10-12)23-19(25)18-14-6-4-5-7-16(14)26-24-18/h12H,4-10H2,1-3H3,(H,23,25)/t12-/m1/s1. The van der Waals surface area contributed by atoms with E-state index in [4.69, 9.17) is 4.52 Å². The van der Waals surface area contributed by atoms with Crippen molar-refractivity contribution in [3.05, 3.63) is 33.0 Å². The molecule has 142 valence electrons. The smallest absolute Gasteiger partial charge is 0.278 e. The van der Waals surface area contributed by atoms with Crippen molar-refractivity contribution >= 4 is 22.2 Å². The van der Waals surface area contributed by atoms with Gasteiger partial charge in [0.05, 0.1) is 5.56 Å². The van der Waals surface area contributed by atoms with Crippen LogP contribution in [0.1, 0.15) is 77.8 Å². The minimum Gasteiger partial charge on any atom is -0.360 e. The molecule has 0 aromatic carbocycles. The topological polar surface area (TPSA) is 78.9 Å². The van der Waals surface area contributed by atoms with Gasteiger partial charge < -0.3 is 9.84 Å². The van der Waals surface area contributed by atoms with Crippen molar-refractivity contribution in [3.8, 4) is 6.07 Å². The van der Waals surface area contributed by atoms with E-state index in [1.807, 2.05) is 0 Å². The fourth-order valence-electron chi connectivity index (χ4n) is 4.26. The zero-order chi connectivity index (χ0) is 19.2. The second-order valence-electron chi connectivity index (χ2n) is 8.72. The van der Waals surface area contributed by atoms with Crippen LogP contribution < -0.4 is 5.32 Å². The predicted molar refractivity (Wildman–Crippen MR) is 105 cm³/mol. The SMILES string of the molecule is CC(C)(C)[C@@H]1CCc2c(sc(NC(=O)c3noc4c3CCCC4)c2C#N)C1. The quantitative estimate of drug-likeness (QED) is 0.801. The van der Waals surface area contributed by atoms with Crippen molar-refractivity contribution in [1.29, 1.82) is 5.26 Å². The summed E-state index contributed by atoms with van der Waals surface area (Å²) < 4.78 is 5.36. The van der Waals surface area contributed by atoms with Gasteiger partial charge in [0.2, 0.25) is 0 Å². The molecule has 1 amide bonds. The van der Waals surface area contributed by atoms with Gasteiger partial charge in [-0.1, -0.05) is 25.9 Å². The maximum absolute atomic E-state index is 12.8. The number of nitrogens with zero attached hydrogens (tertiary/aromatic N) is 2. The molecule has 0 fully saturated rings. The van der Waals surface area contributed by atoms with E-state index in [2.05, 4.69) is 37.3 Å². The summed E-state index contributed by atoms with van der Waals surface area (Å²) in [5.74, 6) is 1.18. The van der Waals surface area contributed by atoms with Crippen molar-refractivity contribution < 1.29 is 9.32 Å². The third-order valence-electron chi connectivity index (χ3n) is 5.99. The Morgan fingerprint density at radius 1 is 1.26 bits per heavy atom. The molecule has 1 atom stereocenters. The van der Waals surface area contributed by atoms with Crippen LogP contribution in [-0.2, 0) is 25.7 Å². The van der Waals surface area contributed by atoms with E-state index in [0.29, 0.717) is 22.2 Å². The van der Waals surface area contributed by atoms with Crippen molar-refractivity contribution in [3.63, 3.8) is 0 Å². The zero-order valence-electron chi connectivity index (χ0n) is 16.1. The lowest BCUT2D eigenvalue weighted by Gasteiger charge is -2.33. The highest BCUT2D eigenvalue weighted by atomic mass is 32.1. The van der Waals surface area contributed by atoms with Gasteiger partial charge >= 0.3 is 0 Å². The summed E-state index contributed by atoms with van der Waals surface area (Å²) in [7, 11) is 0. The van der Waals surface area contributed by atoms with E-state index >= 15 is 0 Å². The molecule has 2 aliphatic rings. The molecule has 2 aliphatic carbocycles. The van der Waals surface area contributed by atoms with Gasteiger partial charge in [0.25, 0.3) is 5.91 Å². The summed E-state index contributed by atoms with van der Waals surface area (Å²) in [4.78, 5) is 14.1. The van der Waals surface area contributed by atoms with E-state index < -0.39 is 0 Å². The van der Waals surface area contributed by atoms with Gasteiger partial charge in [-0.3, -0.25) is 4.79 Å². The Bertz CT molecular complexity index is 927. The van der Waals surface area contributed by atoms with Crippen LogP contribution >= 0.6 is 11.3 Å². The van der Waals surface area contributed by atoms with Crippen LogP contribution in [0.15, 0.2) is 4.52 Å². The lowest BCUT2D eigenvalue weighted by molar-refractivity contribution is 0.101. The molecule has 0 aliphatic heterocycles. The second-order valence-corrected chi connectivity index (χ2v) is 9.82. The lowest BCUT2D eigenvalue weighted by atomic mass is 9.72. The number of aromatic nitrogens is 1. The summed E-state index contributed by atoms with van der Waals surface area (Å²) in [5, 5.41) is 17.3. The number of carbonyl (C=O) groups excluding carboxylic acids is 1. The lowest BCUT2D eigenvalue weighted by Crippen LogP contribution is -2.26. The van der Waals surface area contributed by atoms with Gasteiger partial charge in [-0.05, 0) is 55.4 Å². The molecule has 4 rings (SSSR count). The molecule has 2 aromatic heterocycles. The summed E-state index contributed by atoms with van der Waals surface area (Å²) in [6.07, 6.45) is 6.79. The van der Waals surface area contributed by atoms with Crippen LogP contribution in [0.2, 0.25) is 0 Å². The van der Waals surface area contributed by atoms with E-state index in [0.717, 1.165) is 61.8 Å². The minimum absolute atomic E-state index is 0.248. The number of rotatable bonds is 2. The molecule has 1 N–H and O–H groups in total. The van der Waals surface area contributed by atoms with Gasteiger partial charge in [0, 0.05) is 16.9 Å². The van der Waals surface area contributed by atoms with Crippen LogP contribution in [0.25, 0.3) is 0 Å². The van der Waals surface area contributed by atoms with Crippen LogP contribution in [0.5, 0.6) is 0 Å². The first-order chi connectivity index (χ1) is 12.9. The first-order valence-electron chi connectivity index (χ1n) is 9.72. The molecular weight excluding hydrogens is 358 g/mol. The van der Waals surface area contributed by atoms with Crippen molar-refractivity contribution in [2.45, 2.75) is 65.7 Å². The molecule has 0 unspecified atom stereocenters. The summed E-state index contributed by atoms with van der Waals surface area (Å²) in [6.45, 7) is 6.83. The Hall–Kier alpha value is -2.13. The number of nitriles is 1. The summed E-state index contributed by atoms with van der Waals surface area (Å²) in [5.41, 5.74) is 3.32. The largest absolute Gasteiger partial charge is 0.360 e. The fraction of sp³-hybridized carbons (Fsp3) is 0.571. The average Bonchev–Trinajstić information content (AvgIpc) is 3.21. The van der Waals surface area contributed by atoms with Crippen LogP contribution in [0.3, 0.4) is 0 Å². The van der Waals surface area contributed by atoms with Crippen molar-refractivity contribution in [2.75, 3.05) is 5.32 Å². The van der Waals surface area contributed by atoms with Crippen molar-refractivity contribution in [1.82, 2.24) is 5.16 Å². The Morgan fingerprint density at radius 3 is 2.78 bits per heavy atom. The van der Waals surface area contributed by atoms with Crippen LogP contribution in [-0.4, -0.2) is 11.1 Å². The number of hydrogen-bond acceptors (Lipinski definition) is 5. The minimum atomic E-state index is -0.260. The highest BCUT2D eigenvalue weighted by molar-refractivity contribution is 7.16. The molecule has 6 heteroatoms. The number of anilines is 1. The molecule has 0 bridgehead atoms. The number of hydrogen-bond donors (Lipinski definition) is 1. The maximum atomic E-state index is 12.8. The first kappa shape index (κ1) is 18.2. The zero-order valence-corrected chi connectivity index (χ0v) is 17.0. The van der Waals surface area contributed by atoms with Gasteiger partial charge in [-0.2, -0.15) is 5.26 Å². The highest BCUT2D eigenvalue weighted by Crippen LogP contribution is 2.44. The number of fused-ring (bicyclic) bond motifs is 2. The number of carbonyl (C=O) groups is 1. The Kier molecular flexibility index (Phi) is 4.59. The third-order valence-corrected chi connectivity index (χ3v) is 7.16. The summed E-state index contributed by atoms with van der Waals surface area (Å²) in [6, 6.07) is 2.32. The highest BCUT2D eigenvalue weighted by Gasteiger charge is 2.33. The monoisotopic (exact) mass is 383 g/mol. The van der Waals surface area contributed by atoms with Gasteiger partial charge in [0.15, 0.2) is 5.69 Å². The predicted octanol–water partition coefficient (Wildman–Crippen LogP) is 4.89. The third kappa shape index (κ3) is 3.29. The fourth-order valence-corrected chi connectivity index (χ4v) is 5.53. The van der Waals surface area contributed by atoms with E-state index in [-0.39, 0.29) is 11.3 Å². The van der Waals surface area contributed by atoms with Gasteiger partial charge in [0.1, 0.15) is 16.8 Å². The molecule has 0 saturated heterocycles. The maximum Gasteiger partial charge on any atom is 0.278 e. The van der Waals surface area contributed by atoms with Gasteiger partial charge in [-0.25, -0.2) is 0 Å². The van der Waals surface area contributed by atoms with Gasteiger partial charge in [-0.15, -0.1) is 11.3 Å². The van der Waals surface area contributed by atoms with E-state index in [1.54, 1.807) is 11.3 Å². The number of aryl methyl sites for hydroxylation is 1. The molecular formula is C21H25N3O2S.